The third-order valence-corrected chi connectivity index (χ3v) is 7.88. The number of nitrogens with one attached hydrogen (secondary N) is 1. The average molecular weight is 523 g/mol. The zero-order chi connectivity index (χ0) is 24.1. The lowest BCUT2D eigenvalue weighted by Gasteiger charge is -2.33. The number of aliphatic imine (C=N–C) groups is 3. The van der Waals surface area contributed by atoms with Crippen LogP contribution < -0.4 is 0 Å². The lowest BCUT2D eigenvalue weighted by molar-refractivity contribution is -0.0521. The maximum atomic E-state index is 12.3. The molecule has 3 aliphatic rings. The Balaban J connectivity index is 1.88. The Morgan fingerprint density at radius 3 is 2.34 bits per heavy atom. The Hall–Kier alpha value is -1.27. The zero-order valence-electron chi connectivity index (χ0n) is 15.3. The summed E-state index contributed by atoms with van der Waals surface area (Å²) in [7, 11) is -17.3. The number of amidine groups is 2. The molecular weight excluding hydrogens is 507 g/mol. The summed E-state index contributed by atoms with van der Waals surface area (Å²) in [5, 5.41) is 37.3. The molecule has 0 aliphatic carbocycles. The lowest BCUT2D eigenvalue weighted by Crippen LogP contribution is -2.54. The van der Waals surface area contributed by atoms with E-state index in [0.717, 1.165) is 17.6 Å². The van der Waals surface area contributed by atoms with Gasteiger partial charge in [-0.3, -0.25) is 10.3 Å². The van der Waals surface area contributed by atoms with Crippen LogP contribution in [0.2, 0.25) is 0 Å². The highest BCUT2D eigenvalue weighted by molar-refractivity contribution is 7.66. The van der Waals surface area contributed by atoms with E-state index in [1.807, 2.05) is 0 Å². The molecule has 0 aromatic rings. The van der Waals surface area contributed by atoms with E-state index in [4.69, 9.17) is 24.5 Å². The van der Waals surface area contributed by atoms with Crippen molar-refractivity contribution in [3.63, 3.8) is 0 Å². The smallest absolute Gasteiger partial charge is 0.394 e. The maximum Gasteiger partial charge on any atom is 0.490 e. The van der Waals surface area contributed by atoms with E-state index in [1.165, 1.54) is 0 Å². The van der Waals surface area contributed by atoms with Crippen molar-refractivity contribution in [3.05, 3.63) is 0 Å². The number of phosphoric ester groups is 1. The number of aliphatic hydroxyl groups is 3. The predicted molar refractivity (Wildman–Crippen MR) is 99.4 cm³/mol. The van der Waals surface area contributed by atoms with Crippen LogP contribution in [0, 0.1) is 5.41 Å². The second-order valence-corrected chi connectivity index (χ2v) is 10.6. The van der Waals surface area contributed by atoms with E-state index in [-0.39, 0.29) is 0 Å². The number of hydrogen-bond donors (Lipinski definition) is 8. The fraction of sp³-hybridized carbons (Fsp3) is 0.600. The van der Waals surface area contributed by atoms with Gasteiger partial charge in [-0.25, -0.2) is 33.2 Å². The van der Waals surface area contributed by atoms with Crippen LogP contribution in [0.5, 0.6) is 0 Å². The standard InChI is InChI=1S/C10H16N5O14P3/c11-8-10(27-31(22,23)29-32(24,25)28-30(19,20)21)9(13-2-12-8)15(3-14-10)7-6(18)5(17)4(1-16)26-7/h2-7,11,16-18H,1H2,(H,22,23)(H,24,25)(H2,19,20,21)/t4-,5-,6-,7-,10?/m1/s1. The first-order valence-corrected chi connectivity index (χ1v) is 12.6. The van der Waals surface area contributed by atoms with Gasteiger partial charge in [-0.05, 0) is 0 Å². The van der Waals surface area contributed by atoms with Gasteiger partial charge in [0.15, 0.2) is 17.9 Å². The molecule has 1 saturated heterocycles. The van der Waals surface area contributed by atoms with E-state index in [1.54, 1.807) is 0 Å². The molecule has 8 N–H and O–H groups in total. The highest BCUT2D eigenvalue weighted by Gasteiger charge is 2.59. The minimum Gasteiger partial charge on any atom is -0.394 e. The number of rotatable bonds is 8. The molecule has 3 aliphatic heterocycles. The summed E-state index contributed by atoms with van der Waals surface area (Å²) in [5.74, 6) is -1.46. The monoisotopic (exact) mass is 523 g/mol. The molecule has 0 radical (unpaired) electrons. The quantitative estimate of drug-likeness (QED) is 0.149. The third kappa shape index (κ3) is 4.96. The van der Waals surface area contributed by atoms with Crippen molar-refractivity contribution in [1.82, 2.24) is 4.90 Å². The minimum absolute atomic E-state index is 0.547. The molecule has 7 atom stereocenters. The second kappa shape index (κ2) is 8.50. The highest BCUT2D eigenvalue weighted by atomic mass is 31.3. The average Bonchev–Trinajstić information content (AvgIpc) is 3.11. The number of hydrogen-bond acceptors (Lipinski definition) is 14. The molecule has 0 spiro atoms. The third-order valence-electron chi connectivity index (χ3n) is 4.05. The van der Waals surface area contributed by atoms with E-state index in [9.17, 15) is 38.8 Å². The molecular formula is C10H16N5O14P3. The van der Waals surface area contributed by atoms with Gasteiger partial charge in [0, 0.05) is 0 Å². The van der Waals surface area contributed by atoms with Crippen LogP contribution in [-0.2, 0) is 31.6 Å². The largest absolute Gasteiger partial charge is 0.490 e. The second-order valence-electron chi connectivity index (χ2n) is 6.25. The molecule has 19 nitrogen and oxygen atoms in total. The summed E-state index contributed by atoms with van der Waals surface area (Å²) in [5.41, 5.74) is -2.70. The summed E-state index contributed by atoms with van der Waals surface area (Å²) in [4.78, 5) is 48.1. The van der Waals surface area contributed by atoms with E-state index >= 15 is 0 Å². The molecule has 0 bridgehead atoms. The van der Waals surface area contributed by atoms with E-state index < -0.39 is 72.0 Å². The Bertz CT molecular complexity index is 1030. The van der Waals surface area contributed by atoms with Gasteiger partial charge in [0.25, 0.3) is 5.72 Å². The van der Waals surface area contributed by atoms with Gasteiger partial charge in [-0.15, -0.1) is 0 Å². The maximum absolute atomic E-state index is 12.3. The van der Waals surface area contributed by atoms with E-state index in [2.05, 4.69) is 23.6 Å². The first kappa shape index (κ1) is 25.4. The zero-order valence-corrected chi connectivity index (χ0v) is 18.0. The van der Waals surface area contributed by atoms with Gasteiger partial charge in [0.1, 0.15) is 24.7 Å². The Labute approximate surface area is 177 Å². The first-order valence-electron chi connectivity index (χ1n) is 8.11. The SMILES string of the molecule is N=C1N=CN=C2N([C@@H]3O[C@H](CO)[C@@H](O)[C@H]3O)C=NC12OP(=O)(O)OP(=O)(O)OP(=O)(O)O. The molecule has 3 heterocycles. The molecule has 3 unspecified atom stereocenters. The van der Waals surface area contributed by atoms with Crippen molar-refractivity contribution >= 4 is 47.8 Å². The summed E-state index contributed by atoms with van der Waals surface area (Å²) in [6.07, 6.45) is -4.31. The van der Waals surface area contributed by atoms with Crippen LogP contribution in [0.15, 0.2) is 15.0 Å². The fourth-order valence-corrected chi connectivity index (χ4v) is 6.04. The molecule has 0 amide bonds. The van der Waals surface area contributed by atoms with Gasteiger partial charge in [0.05, 0.1) is 12.9 Å². The van der Waals surface area contributed by atoms with Crippen molar-refractivity contribution in [3.8, 4) is 0 Å². The van der Waals surface area contributed by atoms with Crippen molar-refractivity contribution in [2.24, 2.45) is 15.0 Å². The van der Waals surface area contributed by atoms with Gasteiger partial charge in [-0.1, -0.05) is 0 Å². The molecule has 0 aromatic heterocycles. The topological polar surface area (TPSA) is 294 Å². The van der Waals surface area contributed by atoms with Crippen molar-refractivity contribution in [2.75, 3.05) is 6.61 Å². The van der Waals surface area contributed by atoms with Crippen LogP contribution in [0.4, 0.5) is 0 Å². The van der Waals surface area contributed by atoms with Gasteiger partial charge < -0.3 is 39.6 Å². The summed E-state index contributed by atoms with van der Waals surface area (Å²) in [6.45, 7) is -0.684. The Morgan fingerprint density at radius 1 is 1.12 bits per heavy atom. The molecule has 0 saturated carbocycles. The van der Waals surface area contributed by atoms with E-state index in [0.29, 0.717) is 0 Å². The first-order chi connectivity index (χ1) is 14.6. The van der Waals surface area contributed by atoms with Crippen molar-refractivity contribution < 1.29 is 66.5 Å². The number of phosphoric acid groups is 3. The Morgan fingerprint density at radius 2 is 1.78 bits per heavy atom. The minimum atomic E-state index is -5.87. The van der Waals surface area contributed by atoms with Crippen LogP contribution in [0.25, 0.3) is 0 Å². The lowest BCUT2D eigenvalue weighted by atomic mass is 10.1. The summed E-state index contributed by atoms with van der Waals surface area (Å²) < 4.78 is 51.9. The molecule has 22 heteroatoms. The van der Waals surface area contributed by atoms with Gasteiger partial charge >= 0.3 is 23.5 Å². The van der Waals surface area contributed by atoms with Crippen LogP contribution in [0.3, 0.4) is 0 Å². The Kier molecular flexibility index (Phi) is 6.74. The molecule has 1 fully saturated rings. The molecule has 3 rings (SSSR count). The molecule has 180 valence electrons. The highest BCUT2D eigenvalue weighted by Crippen LogP contribution is 2.67. The van der Waals surface area contributed by atoms with Gasteiger partial charge in [-0.2, -0.15) is 8.62 Å². The van der Waals surface area contributed by atoms with Crippen LogP contribution >= 0.6 is 23.5 Å². The molecule has 0 aromatic carbocycles. The fourth-order valence-electron chi connectivity index (χ4n) is 2.85. The normalized spacial score (nSPS) is 36.0. The number of nitrogens with zero attached hydrogens (tertiary/aromatic N) is 4. The number of ether oxygens (including phenoxy) is 1. The summed E-state index contributed by atoms with van der Waals surface area (Å²) in [6, 6.07) is 0. The van der Waals surface area contributed by atoms with Crippen molar-refractivity contribution in [1.29, 1.82) is 5.41 Å². The molecule has 32 heavy (non-hydrogen) atoms. The number of fused-ring (bicyclic) bond motifs is 1. The van der Waals surface area contributed by atoms with Crippen molar-refractivity contribution in [2.45, 2.75) is 30.3 Å². The van der Waals surface area contributed by atoms with Crippen LogP contribution in [0.1, 0.15) is 0 Å². The summed E-state index contributed by atoms with van der Waals surface area (Å²) >= 11 is 0. The van der Waals surface area contributed by atoms with Crippen LogP contribution in [-0.4, -0.2) is 101 Å². The number of aliphatic hydroxyl groups excluding tert-OH is 3. The predicted octanol–water partition coefficient (Wildman–Crippen LogP) is -2.77. The van der Waals surface area contributed by atoms with Gasteiger partial charge in [0.2, 0.25) is 0 Å².